The number of aliphatic imine (C=N–C) groups is 1. The first-order chi connectivity index (χ1) is 3.81. The van der Waals surface area contributed by atoms with E-state index in [-0.39, 0.29) is 0 Å². The van der Waals surface area contributed by atoms with E-state index >= 15 is 0 Å². The van der Waals surface area contributed by atoms with Crippen molar-refractivity contribution in [1.29, 1.82) is 5.26 Å². The lowest BCUT2D eigenvalue weighted by Crippen LogP contribution is -1.96. The molecule has 0 atom stereocenters. The largest absolute Gasteiger partial charge is 0.481 e. The van der Waals surface area contributed by atoms with Crippen molar-refractivity contribution in [1.82, 2.24) is 0 Å². The average molecular weight is 112 g/mol. The maximum atomic E-state index is 7.95. The van der Waals surface area contributed by atoms with Crippen LogP contribution in [0.25, 0.3) is 0 Å². The van der Waals surface area contributed by atoms with Gasteiger partial charge in [-0.05, 0) is 6.92 Å². The molecule has 0 rings (SSSR count). The smallest absolute Gasteiger partial charge is 0.208 e. The Kier molecular flexibility index (Phi) is 3.59. The first kappa shape index (κ1) is 6.96. The van der Waals surface area contributed by atoms with Gasteiger partial charge in [-0.25, -0.2) is 0 Å². The molecule has 0 saturated carbocycles. The summed E-state index contributed by atoms with van der Waals surface area (Å²) >= 11 is 0. The maximum absolute atomic E-state index is 7.95. The van der Waals surface area contributed by atoms with E-state index in [9.17, 15) is 0 Å². The minimum atomic E-state index is 0.426. The number of nitriles is 1. The zero-order valence-electron chi connectivity index (χ0n) is 5.01. The summed E-state index contributed by atoms with van der Waals surface area (Å²) in [4.78, 5) is 3.31. The summed E-state index contributed by atoms with van der Waals surface area (Å²) in [6.45, 7) is 4.06. The van der Waals surface area contributed by atoms with Crippen LogP contribution < -0.4 is 0 Å². The molecule has 0 fully saturated rings. The van der Waals surface area contributed by atoms with E-state index in [1.807, 2.05) is 6.92 Å². The second-order valence-corrected chi connectivity index (χ2v) is 1.16. The van der Waals surface area contributed by atoms with Gasteiger partial charge in [0, 0.05) is 6.92 Å². The third kappa shape index (κ3) is 3.16. The number of rotatable bonds is 1. The Labute approximate surface area is 48.6 Å². The van der Waals surface area contributed by atoms with Crippen molar-refractivity contribution in [3.05, 3.63) is 0 Å². The molecule has 0 unspecified atom stereocenters. The van der Waals surface area contributed by atoms with Crippen LogP contribution in [0.15, 0.2) is 4.99 Å². The van der Waals surface area contributed by atoms with Crippen molar-refractivity contribution in [3.63, 3.8) is 0 Å². The lowest BCUT2D eigenvalue weighted by atomic mass is 10.7. The summed E-state index contributed by atoms with van der Waals surface area (Å²) in [7, 11) is 0. The Morgan fingerprint density at radius 3 is 2.88 bits per heavy atom. The zero-order valence-corrected chi connectivity index (χ0v) is 5.01. The highest BCUT2D eigenvalue weighted by molar-refractivity contribution is 5.73. The number of hydrogen-bond acceptors (Lipinski definition) is 3. The van der Waals surface area contributed by atoms with E-state index in [2.05, 4.69) is 4.99 Å². The van der Waals surface area contributed by atoms with Gasteiger partial charge < -0.3 is 4.74 Å². The molecule has 0 spiro atoms. The number of ether oxygens (including phenoxy) is 1. The molecule has 3 heteroatoms. The quantitative estimate of drug-likeness (QED) is 0.287. The third-order valence-electron chi connectivity index (χ3n) is 0.561. The normalized spacial score (nSPS) is 10.4. The summed E-state index contributed by atoms with van der Waals surface area (Å²) in [6.07, 6.45) is 1.62. The van der Waals surface area contributed by atoms with Crippen molar-refractivity contribution in [2.24, 2.45) is 4.99 Å². The van der Waals surface area contributed by atoms with Crippen LogP contribution in [0.2, 0.25) is 0 Å². The molecule has 0 saturated heterocycles. The van der Waals surface area contributed by atoms with Crippen LogP contribution in [-0.2, 0) is 4.74 Å². The van der Waals surface area contributed by atoms with E-state index in [0.29, 0.717) is 12.5 Å². The molecule has 0 amide bonds. The van der Waals surface area contributed by atoms with Crippen molar-refractivity contribution in [2.75, 3.05) is 6.61 Å². The van der Waals surface area contributed by atoms with Crippen LogP contribution in [0.1, 0.15) is 13.8 Å². The van der Waals surface area contributed by atoms with Crippen molar-refractivity contribution >= 4 is 5.90 Å². The van der Waals surface area contributed by atoms with Crippen molar-refractivity contribution in [3.8, 4) is 6.19 Å². The second-order valence-electron chi connectivity index (χ2n) is 1.16. The van der Waals surface area contributed by atoms with Gasteiger partial charge in [-0.15, -0.1) is 4.99 Å². The molecule has 0 N–H and O–H groups in total. The fourth-order valence-electron chi connectivity index (χ4n) is 0.312. The van der Waals surface area contributed by atoms with Gasteiger partial charge >= 0.3 is 0 Å². The molecule has 0 radical (unpaired) electrons. The molecule has 3 nitrogen and oxygen atoms in total. The Balaban J connectivity index is 3.49. The first-order valence-electron chi connectivity index (χ1n) is 2.37. The molecular formula is C5H8N2O. The monoisotopic (exact) mass is 112 g/mol. The van der Waals surface area contributed by atoms with Crippen LogP contribution in [0.5, 0.6) is 0 Å². The van der Waals surface area contributed by atoms with E-state index < -0.39 is 0 Å². The van der Waals surface area contributed by atoms with E-state index in [4.69, 9.17) is 10.00 Å². The zero-order chi connectivity index (χ0) is 6.41. The van der Waals surface area contributed by atoms with Gasteiger partial charge in [0.05, 0.1) is 6.61 Å². The topological polar surface area (TPSA) is 45.4 Å². The number of nitrogens with zero attached hydrogens (tertiary/aromatic N) is 2. The fraction of sp³-hybridized carbons (Fsp3) is 0.600. The van der Waals surface area contributed by atoms with Crippen molar-refractivity contribution in [2.45, 2.75) is 13.8 Å². The SMILES string of the molecule is CCOC(C)=NC#N. The lowest BCUT2D eigenvalue weighted by Gasteiger charge is -1.94. The minimum Gasteiger partial charge on any atom is -0.481 e. The number of hydrogen-bond donors (Lipinski definition) is 0. The molecule has 0 bridgehead atoms. The van der Waals surface area contributed by atoms with Gasteiger partial charge in [-0.1, -0.05) is 0 Å². The van der Waals surface area contributed by atoms with Crippen LogP contribution in [0.4, 0.5) is 0 Å². The summed E-state index contributed by atoms with van der Waals surface area (Å²) in [5.74, 6) is 0.426. The van der Waals surface area contributed by atoms with Gasteiger partial charge in [0.15, 0.2) is 5.90 Å². The highest BCUT2D eigenvalue weighted by Crippen LogP contribution is 1.77. The van der Waals surface area contributed by atoms with E-state index in [1.165, 1.54) is 0 Å². The Hall–Kier alpha value is -1.04. The fourth-order valence-corrected chi connectivity index (χ4v) is 0.312. The molecule has 8 heavy (non-hydrogen) atoms. The maximum Gasteiger partial charge on any atom is 0.208 e. The molecule has 0 aliphatic carbocycles. The van der Waals surface area contributed by atoms with E-state index in [0.717, 1.165) is 0 Å². The molecule has 44 valence electrons. The van der Waals surface area contributed by atoms with Gasteiger partial charge in [0.2, 0.25) is 6.19 Å². The molecular weight excluding hydrogens is 104 g/mol. The Morgan fingerprint density at radius 2 is 2.50 bits per heavy atom. The van der Waals surface area contributed by atoms with Gasteiger partial charge in [0.1, 0.15) is 0 Å². The van der Waals surface area contributed by atoms with E-state index in [1.54, 1.807) is 13.1 Å². The molecule has 0 aliphatic rings. The van der Waals surface area contributed by atoms with Crippen LogP contribution in [0.3, 0.4) is 0 Å². The van der Waals surface area contributed by atoms with Crippen molar-refractivity contribution < 1.29 is 4.74 Å². The average Bonchev–Trinajstić information content (AvgIpc) is 1.68. The lowest BCUT2D eigenvalue weighted by molar-refractivity contribution is 0.325. The standard InChI is InChI=1S/C5H8N2O/c1-3-8-5(2)7-4-6/h3H2,1-2H3. The molecule has 0 aromatic rings. The van der Waals surface area contributed by atoms with Gasteiger partial charge in [-0.2, -0.15) is 5.26 Å². The predicted molar refractivity (Wildman–Crippen MR) is 30.3 cm³/mol. The Bertz CT molecular complexity index is 123. The second kappa shape index (κ2) is 4.13. The summed E-state index contributed by atoms with van der Waals surface area (Å²) in [5.41, 5.74) is 0. The van der Waals surface area contributed by atoms with Gasteiger partial charge in [-0.3, -0.25) is 0 Å². The van der Waals surface area contributed by atoms with Crippen LogP contribution in [0, 0.1) is 11.5 Å². The molecule has 0 aromatic heterocycles. The molecule has 0 heterocycles. The highest BCUT2D eigenvalue weighted by Gasteiger charge is 1.83. The highest BCUT2D eigenvalue weighted by atomic mass is 16.5. The summed E-state index contributed by atoms with van der Waals surface area (Å²) in [5, 5.41) is 7.95. The first-order valence-corrected chi connectivity index (χ1v) is 2.37. The van der Waals surface area contributed by atoms with Gasteiger partial charge in [0.25, 0.3) is 0 Å². The van der Waals surface area contributed by atoms with Crippen LogP contribution >= 0.6 is 0 Å². The minimum absolute atomic E-state index is 0.426. The molecule has 0 aromatic carbocycles. The van der Waals surface area contributed by atoms with Crippen LogP contribution in [-0.4, -0.2) is 12.5 Å². The Morgan fingerprint density at radius 1 is 1.88 bits per heavy atom. The summed E-state index contributed by atoms with van der Waals surface area (Å²) in [6, 6.07) is 0. The predicted octanol–water partition coefficient (Wildman–Crippen LogP) is 0.922. The molecule has 0 aliphatic heterocycles. The third-order valence-corrected chi connectivity index (χ3v) is 0.561. The summed E-state index contributed by atoms with van der Waals surface area (Å²) < 4.78 is 4.81.